The monoisotopic (exact) mass is 352 g/mol. The van der Waals surface area contributed by atoms with E-state index in [9.17, 15) is 0 Å². The molecule has 4 rings (SSSR count). The van der Waals surface area contributed by atoms with Crippen molar-refractivity contribution in [2.24, 2.45) is 0 Å². The van der Waals surface area contributed by atoms with Gasteiger partial charge in [-0.05, 0) is 54.9 Å². The number of anilines is 3. The normalized spacial score (nSPS) is 15.5. The summed E-state index contributed by atoms with van der Waals surface area (Å²) in [5, 5.41) is 6.59. The Morgan fingerprint density at radius 3 is 2.40 bits per heavy atom. The van der Waals surface area contributed by atoms with Gasteiger partial charge in [0.1, 0.15) is 5.82 Å². The molecule has 1 aliphatic rings. The predicted octanol–water partition coefficient (Wildman–Crippen LogP) is 4.38. The molecule has 4 nitrogen and oxygen atoms in total. The number of nitrogens with one attached hydrogen (secondary N) is 1. The first-order chi connectivity index (χ1) is 12.2. The molecule has 2 aromatic carbocycles. The van der Waals surface area contributed by atoms with Crippen molar-refractivity contribution in [3.8, 4) is 0 Å². The van der Waals surface area contributed by atoms with Gasteiger partial charge < -0.3 is 15.1 Å². The number of likely N-dealkylation sites (N-methyl/N-ethyl adjacent to an activating group) is 1. The van der Waals surface area contributed by atoms with Crippen LogP contribution in [0.15, 0.2) is 54.7 Å². The quantitative estimate of drug-likeness (QED) is 0.757. The van der Waals surface area contributed by atoms with Crippen molar-refractivity contribution in [2.75, 3.05) is 43.4 Å². The molecule has 1 saturated heterocycles. The molecule has 0 aliphatic carbocycles. The van der Waals surface area contributed by atoms with E-state index in [1.165, 1.54) is 10.8 Å². The molecule has 128 valence electrons. The summed E-state index contributed by atoms with van der Waals surface area (Å²) >= 11 is 5.96. The van der Waals surface area contributed by atoms with Crippen molar-refractivity contribution in [1.82, 2.24) is 9.88 Å². The SMILES string of the molecule is CN1CCN(c2nccc3ccc(Nc4ccc(Cl)cc4)cc23)CC1. The highest BCUT2D eigenvalue weighted by Crippen LogP contribution is 2.29. The van der Waals surface area contributed by atoms with Crippen LogP contribution in [0, 0.1) is 0 Å². The Hall–Kier alpha value is -2.30. The molecule has 0 amide bonds. The van der Waals surface area contributed by atoms with Crippen LogP contribution in [0.2, 0.25) is 5.02 Å². The van der Waals surface area contributed by atoms with Gasteiger partial charge in [0.25, 0.3) is 0 Å². The number of benzene rings is 2. The molecular formula is C20H21ClN4. The van der Waals surface area contributed by atoms with Gasteiger partial charge in [-0.1, -0.05) is 17.7 Å². The fourth-order valence-electron chi connectivity index (χ4n) is 3.20. The second kappa shape index (κ2) is 6.90. The van der Waals surface area contributed by atoms with Gasteiger partial charge in [-0.25, -0.2) is 4.98 Å². The number of halogens is 1. The summed E-state index contributed by atoms with van der Waals surface area (Å²) in [7, 11) is 2.17. The first-order valence-electron chi connectivity index (χ1n) is 8.54. The minimum atomic E-state index is 0.741. The van der Waals surface area contributed by atoms with Gasteiger partial charge >= 0.3 is 0 Å². The van der Waals surface area contributed by atoms with E-state index in [2.05, 4.69) is 51.4 Å². The van der Waals surface area contributed by atoms with Crippen molar-refractivity contribution in [3.63, 3.8) is 0 Å². The number of aromatic nitrogens is 1. The van der Waals surface area contributed by atoms with Gasteiger partial charge in [0.2, 0.25) is 0 Å². The Morgan fingerprint density at radius 1 is 0.920 bits per heavy atom. The highest BCUT2D eigenvalue weighted by molar-refractivity contribution is 6.30. The molecule has 1 N–H and O–H groups in total. The zero-order chi connectivity index (χ0) is 17.2. The van der Waals surface area contributed by atoms with Gasteiger partial charge in [0.15, 0.2) is 0 Å². The lowest BCUT2D eigenvalue weighted by Gasteiger charge is -2.33. The van der Waals surface area contributed by atoms with Crippen molar-refractivity contribution >= 4 is 39.6 Å². The van der Waals surface area contributed by atoms with Crippen LogP contribution in [0.1, 0.15) is 0 Å². The number of piperazine rings is 1. The molecule has 3 aromatic rings. The molecule has 1 fully saturated rings. The molecule has 0 radical (unpaired) electrons. The van der Waals surface area contributed by atoms with Crippen LogP contribution < -0.4 is 10.2 Å². The van der Waals surface area contributed by atoms with E-state index in [1.807, 2.05) is 30.5 Å². The van der Waals surface area contributed by atoms with Gasteiger partial charge in [-0.3, -0.25) is 0 Å². The van der Waals surface area contributed by atoms with E-state index in [-0.39, 0.29) is 0 Å². The zero-order valence-corrected chi connectivity index (χ0v) is 15.0. The molecule has 0 bridgehead atoms. The first-order valence-corrected chi connectivity index (χ1v) is 8.92. The van der Waals surface area contributed by atoms with Crippen LogP contribution in [0.3, 0.4) is 0 Å². The molecule has 5 heteroatoms. The van der Waals surface area contributed by atoms with Crippen LogP contribution in [-0.2, 0) is 0 Å². The lowest BCUT2D eigenvalue weighted by molar-refractivity contribution is 0.312. The molecule has 1 aliphatic heterocycles. The second-order valence-corrected chi connectivity index (χ2v) is 6.93. The molecule has 0 saturated carbocycles. The molecule has 0 atom stereocenters. The average Bonchev–Trinajstić information content (AvgIpc) is 2.64. The second-order valence-electron chi connectivity index (χ2n) is 6.49. The topological polar surface area (TPSA) is 31.4 Å². The third kappa shape index (κ3) is 3.55. The fraction of sp³-hybridized carbons (Fsp3) is 0.250. The fourth-order valence-corrected chi connectivity index (χ4v) is 3.33. The maximum atomic E-state index is 5.96. The minimum Gasteiger partial charge on any atom is -0.356 e. The largest absolute Gasteiger partial charge is 0.356 e. The van der Waals surface area contributed by atoms with Crippen molar-refractivity contribution in [3.05, 3.63) is 59.8 Å². The Morgan fingerprint density at radius 2 is 1.64 bits per heavy atom. The maximum absolute atomic E-state index is 5.96. The van der Waals surface area contributed by atoms with Crippen LogP contribution in [0.25, 0.3) is 10.8 Å². The number of rotatable bonds is 3. The highest BCUT2D eigenvalue weighted by Gasteiger charge is 2.17. The number of hydrogen-bond donors (Lipinski definition) is 1. The van der Waals surface area contributed by atoms with E-state index in [0.29, 0.717) is 0 Å². The molecule has 2 heterocycles. The summed E-state index contributed by atoms with van der Waals surface area (Å²) in [4.78, 5) is 9.42. The maximum Gasteiger partial charge on any atom is 0.136 e. The smallest absolute Gasteiger partial charge is 0.136 e. The Balaban J connectivity index is 1.66. The third-order valence-corrected chi connectivity index (χ3v) is 4.93. The number of fused-ring (bicyclic) bond motifs is 1. The van der Waals surface area contributed by atoms with Gasteiger partial charge in [-0.2, -0.15) is 0 Å². The molecular weight excluding hydrogens is 332 g/mol. The van der Waals surface area contributed by atoms with Gasteiger partial charge in [-0.15, -0.1) is 0 Å². The Labute approximate surface area is 153 Å². The van der Waals surface area contributed by atoms with Crippen LogP contribution in [-0.4, -0.2) is 43.1 Å². The van der Waals surface area contributed by atoms with Crippen LogP contribution in [0.4, 0.5) is 17.2 Å². The van der Waals surface area contributed by atoms with Crippen molar-refractivity contribution < 1.29 is 0 Å². The molecule has 25 heavy (non-hydrogen) atoms. The third-order valence-electron chi connectivity index (χ3n) is 4.68. The standard InChI is InChI=1S/C20H21ClN4/c1-24-10-12-25(13-11-24)20-19-14-18(5-2-15(19)8-9-22-20)23-17-6-3-16(21)4-7-17/h2-9,14,23H,10-13H2,1H3. The van der Waals surface area contributed by atoms with E-state index in [0.717, 1.165) is 48.4 Å². The van der Waals surface area contributed by atoms with E-state index in [4.69, 9.17) is 11.6 Å². The van der Waals surface area contributed by atoms with E-state index < -0.39 is 0 Å². The Kier molecular flexibility index (Phi) is 4.47. The number of hydrogen-bond acceptors (Lipinski definition) is 4. The van der Waals surface area contributed by atoms with Crippen LogP contribution >= 0.6 is 11.6 Å². The Bertz CT molecular complexity index is 871. The summed E-state index contributed by atoms with van der Waals surface area (Å²) in [5.41, 5.74) is 2.08. The summed E-state index contributed by atoms with van der Waals surface area (Å²) in [5.74, 6) is 1.07. The lowest BCUT2D eigenvalue weighted by atomic mass is 10.1. The summed E-state index contributed by atoms with van der Waals surface area (Å²) in [6.07, 6.45) is 1.91. The number of pyridine rings is 1. The number of nitrogens with zero attached hydrogens (tertiary/aromatic N) is 3. The molecule has 0 unspecified atom stereocenters. The summed E-state index contributed by atoms with van der Waals surface area (Å²) in [6, 6.07) is 16.3. The van der Waals surface area contributed by atoms with Crippen molar-refractivity contribution in [1.29, 1.82) is 0 Å². The average molecular weight is 353 g/mol. The predicted molar refractivity (Wildman–Crippen MR) is 106 cm³/mol. The van der Waals surface area contributed by atoms with E-state index >= 15 is 0 Å². The van der Waals surface area contributed by atoms with Crippen molar-refractivity contribution in [2.45, 2.75) is 0 Å². The molecule has 1 aromatic heterocycles. The van der Waals surface area contributed by atoms with Crippen LogP contribution in [0.5, 0.6) is 0 Å². The summed E-state index contributed by atoms with van der Waals surface area (Å²) in [6.45, 7) is 4.16. The summed E-state index contributed by atoms with van der Waals surface area (Å²) < 4.78 is 0. The van der Waals surface area contributed by atoms with Gasteiger partial charge in [0.05, 0.1) is 0 Å². The molecule has 0 spiro atoms. The highest BCUT2D eigenvalue weighted by atomic mass is 35.5. The zero-order valence-electron chi connectivity index (χ0n) is 14.2. The lowest BCUT2D eigenvalue weighted by Crippen LogP contribution is -2.44. The first kappa shape index (κ1) is 16.2. The van der Waals surface area contributed by atoms with Gasteiger partial charge in [0, 0.05) is 54.2 Å². The van der Waals surface area contributed by atoms with E-state index in [1.54, 1.807) is 0 Å². The minimum absolute atomic E-state index is 0.741.